The van der Waals surface area contributed by atoms with Gasteiger partial charge < -0.3 is 19.3 Å². The average Bonchev–Trinajstić information content (AvgIpc) is 2.48. The van der Waals surface area contributed by atoms with Crippen LogP contribution in [0, 0.1) is 5.82 Å². The van der Waals surface area contributed by atoms with E-state index < -0.39 is 6.10 Å². The summed E-state index contributed by atoms with van der Waals surface area (Å²) >= 11 is 0. The number of carbonyl (C=O) groups is 1. The van der Waals surface area contributed by atoms with E-state index in [4.69, 9.17) is 9.47 Å². The minimum absolute atomic E-state index is 0.162. The molecule has 6 heteroatoms. The van der Waals surface area contributed by atoms with Crippen LogP contribution in [0.1, 0.15) is 0 Å². The molecule has 0 aromatic heterocycles. The topological polar surface area (TPSA) is 42.0 Å². The van der Waals surface area contributed by atoms with Gasteiger partial charge in [-0.25, -0.2) is 4.39 Å². The molecule has 2 heterocycles. The van der Waals surface area contributed by atoms with Gasteiger partial charge in [0.1, 0.15) is 5.82 Å². The van der Waals surface area contributed by atoms with Gasteiger partial charge in [-0.2, -0.15) is 0 Å². The van der Waals surface area contributed by atoms with Gasteiger partial charge in [0.05, 0.1) is 31.2 Å². The Bertz CT molecular complexity index is 517. The van der Waals surface area contributed by atoms with Crippen LogP contribution in [0.15, 0.2) is 18.2 Å². The zero-order chi connectivity index (χ0) is 14.1. The Morgan fingerprint density at radius 3 is 2.90 bits per heavy atom. The van der Waals surface area contributed by atoms with Gasteiger partial charge in [-0.15, -0.1) is 0 Å². The Kier molecular flexibility index (Phi) is 3.58. The van der Waals surface area contributed by atoms with Crippen molar-refractivity contribution in [3.63, 3.8) is 0 Å². The number of anilines is 2. The van der Waals surface area contributed by atoms with Crippen molar-refractivity contribution < 1.29 is 18.7 Å². The van der Waals surface area contributed by atoms with Gasteiger partial charge in [0.15, 0.2) is 6.10 Å². The molecule has 1 aromatic carbocycles. The van der Waals surface area contributed by atoms with Crippen molar-refractivity contribution in [3.05, 3.63) is 24.0 Å². The smallest absolute Gasteiger partial charge is 0.258 e. The molecule has 108 valence electrons. The molecule has 1 atom stereocenters. The number of likely N-dealkylation sites (N-methyl/N-ethyl adjacent to an activating group) is 1. The highest BCUT2D eigenvalue weighted by molar-refractivity contribution is 6.00. The fraction of sp³-hybridized carbons (Fsp3) is 0.500. The zero-order valence-electron chi connectivity index (χ0n) is 11.3. The minimum atomic E-state index is -0.594. The molecule has 1 amide bonds. The molecule has 0 aliphatic carbocycles. The molecule has 0 unspecified atom stereocenters. The fourth-order valence-electron chi connectivity index (χ4n) is 2.56. The SMILES string of the molecule is CN1CCN(C(=O)[C@@H]2COCCO2)c2cc(F)ccc21. The van der Waals surface area contributed by atoms with Gasteiger partial charge in [-0.3, -0.25) is 4.79 Å². The van der Waals surface area contributed by atoms with Crippen molar-refractivity contribution in [3.8, 4) is 0 Å². The molecular formula is C14H17FN2O3. The van der Waals surface area contributed by atoms with Crippen LogP contribution in [-0.2, 0) is 14.3 Å². The van der Waals surface area contributed by atoms with Gasteiger partial charge in [-0.1, -0.05) is 0 Å². The molecule has 2 aliphatic heterocycles. The third kappa shape index (κ3) is 2.36. The number of nitrogens with zero attached hydrogens (tertiary/aromatic N) is 2. The summed E-state index contributed by atoms with van der Waals surface area (Å²) in [6.45, 7) is 2.41. The fourth-order valence-corrected chi connectivity index (χ4v) is 2.56. The standard InChI is InChI=1S/C14H17FN2O3/c1-16-4-5-17(12-8-10(15)2-3-11(12)16)14(18)13-9-19-6-7-20-13/h2-3,8,13H,4-7,9H2,1H3/t13-/m0/s1. The number of carbonyl (C=O) groups excluding carboxylic acids is 1. The second kappa shape index (κ2) is 5.38. The number of amides is 1. The van der Waals surface area contributed by atoms with Crippen LogP contribution in [0.5, 0.6) is 0 Å². The third-order valence-corrected chi connectivity index (χ3v) is 3.66. The van der Waals surface area contributed by atoms with Gasteiger partial charge in [0, 0.05) is 20.1 Å². The largest absolute Gasteiger partial charge is 0.376 e. The van der Waals surface area contributed by atoms with Gasteiger partial charge in [0.25, 0.3) is 5.91 Å². The first-order valence-electron chi connectivity index (χ1n) is 6.68. The number of hydrogen-bond donors (Lipinski definition) is 0. The van der Waals surface area contributed by atoms with Crippen molar-refractivity contribution >= 4 is 17.3 Å². The summed E-state index contributed by atoms with van der Waals surface area (Å²) in [6.07, 6.45) is -0.594. The van der Waals surface area contributed by atoms with Crippen molar-refractivity contribution in [2.45, 2.75) is 6.10 Å². The maximum Gasteiger partial charge on any atom is 0.258 e. The molecule has 0 spiro atoms. The molecule has 1 fully saturated rings. The first-order chi connectivity index (χ1) is 9.66. The summed E-state index contributed by atoms with van der Waals surface area (Å²) in [4.78, 5) is 16.1. The van der Waals surface area contributed by atoms with E-state index in [-0.39, 0.29) is 18.3 Å². The number of hydrogen-bond acceptors (Lipinski definition) is 4. The predicted molar refractivity (Wildman–Crippen MR) is 72.6 cm³/mol. The molecule has 3 rings (SSSR count). The summed E-state index contributed by atoms with van der Waals surface area (Å²) < 4.78 is 24.2. The Morgan fingerprint density at radius 1 is 1.30 bits per heavy atom. The van der Waals surface area contributed by atoms with Crippen molar-refractivity contribution in [2.75, 3.05) is 49.8 Å². The van der Waals surface area contributed by atoms with Crippen LogP contribution in [0.4, 0.5) is 15.8 Å². The van der Waals surface area contributed by atoms with Crippen molar-refractivity contribution in [1.82, 2.24) is 0 Å². The van der Waals surface area contributed by atoms with Crippen LogP contribution in [-0.4, -0.2) is 52.0 Å². The molecule has 1 aromatic rings. The van der Waals surface area contributed by atoms with Gasteiger partial charge in [0.2, 0.25) is 0 Å². The van der Waals surface area contributed by atoms with E-state index in [0.717, 1.165) is 5.69 Å². The Hall–Kier alpha value is -1.66. The van der Waals surface area contributed by atoms with Crippen LogP contribution >= 0.6 is 0 Å². The van der Waals surface area contributed by atoms with E-state index in [2.05, 4.69) is 0 Å². The molecule has 1 saturated heterocycles. The van der Waals surface area contributed by atoms with Crippen LogP contribution in [0.2, 0.25) is 0 Å². The summed E-state index contributed by atoms with van der Waals surface area (Å²) in [5.74, 6) is -0.512. The second-order valence-electron chi connectivity index (χ2n) is 4.98. The average molecular weight is 280 g/mol. The highest BCUT2D eigenvalue weighted by Crippen LogP contribution is 2.33. The first kappa shape index (κ1) is 13.3. The summed E-state index contributed by atoms with van der Waals surface area (Å²) in [6, 6.07) is 4.50. The zero-order valence-corrected chi connectivity index (χ0v) is 11.3. The maximum absolute atomic E-state index is 13.5. The predicted octanol–water partition coefficient (Wildman–Crippen LogP) is 1.02. The lowest BCUT2D eigenvalue weighted by molar-refractivity contribution is -0.144. The normalized spacial score (nSPS) is 22.6. The highest BCUT2D eigenvalue weighted by atomic mass is 19.1. The van der Waals surface area contributed by atoms with Crippen molar-refractivity contribution in [2.24, 2.45) is 0 Å². The molecule has 0 bridgehead atoms. The monoisotopic (exact) mass is 280 g/mol. The first-order valence-corrected chi connectivity index (χ1v) is 6.68. The second-order valence-corrected chi connectivity index (χ2v) is 4.98. The lowest BCUT2D eigenvalue weighted by Crippen LogP contribution is -2.50. The Morgan fingerprint density at radius 2 is 2.15 bits per heavy atom. The maximum atomic E-state index is 13.5. The highest BCUT2D eigenvalue weighted by Gasteiger charge is 2.32. The van der Waals surface area contributed by atoms with Gasteiger partial charge in [-0.05, 0) is 18.2 Å². The van der Waals surface area contributed by atoms with E-state index in [9.17, 15) is 9.18 Å². The number of rotatable bonds is 1. The Balaban J connectivity index is 1.89. The Labute approximate surface area is 116 Å². The lowest BCUT2D eigenvalue weighted by Gasteiger charge is -2.37. The molecule has 20 heavy (non-hydrogen) atoms. The molecule has 0 radical (unpaired) electrons. The van der Waals surface area contributed by atoms with Crippen LogP contribution < -0.4 is 9.80 Å². The van der Waals surface area contributed by atoms with E-state index in [1.165, 1.54) is 12.1 Å². The number of fused-ring (bicyclic) bond motifs is 1. The van der Waals surface area contributed by atoms with E-state index in [0.29, 0.717) is 32.0 Å². The summed E-state index contributed by atoms with van der Waals surface area (Å²) in [5, 5.41) is 0. The minimum Gasteiger partial charge on any atom is -0.376 e. The molecular weight excluding hydrogens is 263 g/mol. The molecule has 0 N–H and O–H groups in total. The molecule has 2 aliphatic rings. The lowest BCUT2D eigenvalue weighted by atomic mass is 10.1. The van der Waals surface area contributed by atoms with Gasteiger partial charge >= 0.3 is 0 Å². The number of benzene rings is 1. The number of halogens is 1. The third-order valence-electron chi connectivity index (χ3n) is 3.66. The summed E-state index contributed by atoms with van der Waals surface area (Å²) in [5.41, 5.74) is 1.45. The molecule has 5 nitrogen and oxygen atoms in total. The van der Waals surface area contributed by atoms with Crippen LogP contribution in [0.25, 0.3) is 0 Å². The number of ether oxygens (including phenoxy) is 2. The van der Waals surface area contributed by atoms with Crippen molar-refractivity contribution in [1.29, 1.82) is 0 Å². The van der Waals surface area contributed by atoms with Crippen LogP contribution in [0.3, 0.4) is 0 Å². The molecule has 0 saturated carbocycles. The quantitative estimate of drug-likeness (QED) is 0.770. The van der Waals surface area contributed by atoms with E-state index in [1.807, 2.05) is 11.9 Å². The van der Waals surface area contributed by atoms with E-state index >= 15 is 0 Å². The summed E-state index contributed by atoms with van der Waals surface area (Å²) in [7, 11) is 1.93. The van der Waals surface area contributed by atoms with E-state index in [1.54, 1.807) is 11.0 Å².